The number of hydrogen-bond donors (Lipinski definition) is 2. The van der Waals surface area contributed by atoms with Crippen molar-refractivity contribution in [2.75, 3.05) is 10.6 Å². The third-order valence-electron chi connectivity index (χ3n) is 4.60. The molecule has 0 aliphatic rings. The summed E-state index contributed by atoms with van der Waals surface area (Å²) >= 11 is 0. The van der Waals surface area contributed by atoms with E-state index in [2.05, 4.69) is 30.6 Å². The van der Waals surface area contributed by atoms with E-state index in [9.17, 15) is 4.79 Å². The largest absolute Gasteiger partial charge is 0.385 e. The van der Waals surface area contributed by atoms with Crippen molar-refractivity contribution in [1.29, 1.82) is 5.39 Å². The second kappa shape index (κ2) is 8.80. The predicted octanol–water partition coefficient (Wildman–Crippen LogP) is 5.33. The molecule has 0 aliphatic heterocycles. The van der Waals surface area contributed by atoms with Crippen LogP contribution in [0.3, 0.4) is 0 Å². The zero-order valence-corrected chi connectivity index (χ0v) is 16.6. The molecule has 8 heteroatoms. The first kappa shape index (κ1) is 19.7. The van der Waals surface area contributed by atoms with Crippen LogP contribution < -0.4 is 10.6 Å². The average Bonchev–Trinajstić information content (AvgIpc) is 2.82. The Kier molecular flexibility index (Phi) is 5.58. The predicted molar refractivity (Wildman–Crippen MR) is 119 cm³/mol. The van der Waals surface area contributed by atoms with E-state index in [1.807, 2.05) is 43.3 Å². The number of rotatable bonds is 5. The van der Waals surface area contributed by atoms with Gasteiger partial charge in [-0.2, -0.15) is 0 Å². The number of carbonyl (C=O) groups is 1. The molecule has 150 valence electrons. The molecule has 4 rings (SSSR count). The third-order valence-corrected chi connectivity index (χ3v) is 4.60. The van der Waals surface area contributed by atoms with Gasteiger partial charge < -0.3 is 10.6 Å². The molecule has 0 aliphatic carbocycles. The standard InChI is InChI=1S/C23H17N7O/c1-15-4-7-19(27-22(31)16-5-8-18(30-24)9-6-16)13-21(15)29-23-26-12-10-20(28-23)17-3-2-11-25-14-17/h2-14H,1H3,(H-,26,27,28,29,31)/p+1. The molecule has 2 heterocycles. The van der Waals surface area contributed by atoms with Crippen LogP contribution in [0.15, 0.2) is 79.3 Å². The molecule has 0 fully saturated rings. The number of aryl methyl sites for hydroxylation is 1. The lowest BCUT2D eigenvalue weighted by Gasteiger charge is -2.12. The van der Waals surface area contributed by atoms with Gasteiger partial charge in [-0.05, 0) is 55.0 Å². The molecule has 0 bridgehead atoms. The van der Waals surface area contributed by atoms with Gasteiger partial charge in [0.25, 0.3) is 5.91 Å². The van der Waals surface area contributed by atoms with E-state index in [0.29, 0.717) is 22.9 Å². The zero-order valence-electron chi connectivity index (χ0n) is 16.6. The summed E-state index contributed by atoms with van der Waals surface area (Å²) in [5.41, 5.74) is 4.86. The van der Waals surface area contributed by atoms with Crippen LogP contribution in [0.4, 0.5) is 23.0 Å². The maximum atomic E-state index is 12.5. The summed E-state index contributed by atoms with van der Waals surface area (Å²) in [4.78, 5) is 28.6. The molecule has 0 spiro atoms. The van der Waals surface area contributed by atoms with Gasteiger partial charge in [0, 0.05) is 53.2 Å². The molecule has 2 N–H and O–H groups in total. The van der Waals surface area contributed by atoms with E-state index in [1.165, 1.54) is 0 Å². The van der Waals surface area contributed by atoms with Gasteiger partial charge in [0.05, 0.1) is 5.69 Å². The molecular weight excluding hydrogens is 390 g/mol. The zero-order chi connectivity index (χ0) is 21.6. The Balaban J connectivity index is 1.53. The van der Waals surface area contributed by atoms with Gasteiger partial charge in [0.2, 0.25) is 11.3 Å². The van der Waals surface area contributed by atoms with Crippen molar-refractivity contribution in [2.45, 2.75) is 6.92 Å². The highest BCUT2D eigenvalue weighted by Crippen LogP contribution is 2.25. The smallest absolute Gasteiger partial charge is 0.324 e. The Morgan fingerprint density at radius 2 is 1.87 bits per heavy atom. The number of pyridine rings is 1. The highest BCUT2D eigenvalue weighted by Gasteiger charge is 2.11. The van der Waals surface area contributed by atoms with E-state index < -0.39 is 0 Å². The highest BCUT2D eigenvalue weighted by molar-refractivity contribution is 6.04. The van der Waals surface area contributed by atoms with Gasteiger partial charge in [-0.1, -0.05) is 6.07 Å². The molecule has 2 aromatic heterocycles. The molecule has 4 aromatic rings. The lowest BCUT2D eigenvalue weighted by molar-refractivity contribution is 0.102. The van der Waals surface area contributed by atoms with Crippen molar-refractivity contribution in [3.8, 4) is 11.3 Å². The van der Waals surface area contributed by atoms with Crippen LogP contribution in [0.5, 0.6) is 0 Å². The number of anilines is 3. The van der Waals surface area contributed by atoms with Crippen molar-refractivity contribution in [3.63, 3.8) is 0 Å². The highest BCUT2D eigenvalue weighted by atomic mass is 16.1. The van der Waals surface area contributed by atoms with E-state index in [4.69, 9.17) is 5.39 Å². The number of nitrogens with one attached hydrogen (secondary N) is 2. The second-order valence-corrected chi connectivity index (χ2v) is 6.76. The molecule has 8 nitrogen and oxygen atoms in total. The van der Waals surface area contributed by atoms with Gasteiger partial charge >= 0.3 is 5.69 Å². The first-order valence-electron chi connectivity index (χ1n) is 9.50. The van der Waals surface area contributed by atoms with E-state index in [-0.39, 0.29) is 5.91 Å². The molecule has 0 saturated heterocycles. The number of benzene rings is 2. The first-order chi connectivity index (χ1) is 15.1. The lowest BCUT2D eigenvalue weighted by Crippen LogP contribution is -2.12. The molecular formula is C23H18N7O+. The Morgan fingerprint density at radius 3 is 2.61 bits per heavy atom. The minimum Gasteiger partial charge on any atom is -0.324 e. The summed E-state index contributed by atoms with van der Waals surface area (Å²) in [6.07, 6.45) is 5.14. The fourth-order valence-electron chi connectivity index (χ4n) is 2.93. The van der Waals surface area contributed by atoms with E-state index >= 15 is 0 Å². The fourth-order valence-corrected chi connectivity index (χ4v) is 2.93. The SMILES string of the molecule is Cc1ccc(NC(=O)c2ccc([N+]#N)cc2)cc1Nc1nccc(-c2cccnc2)n1. The molecule has 0 atom stereocenters. The fraction of sp³-hybridized carbons (Fsp3) is 0.0435. The Hall–Kier alpha value is -4.64. The number of diazo groups is 1. The van der Waals surface area contributed by atoms with Crippen LogP contribution >= 0.6 is 0 Å². The van der Waals surface area contributed by atoms with Crippen molar-refractivity contribution in [3.05, 3.63) is 95.4 Å². The van der Waals surface area contributed by atoms with Crippen molar-refractivity contribution >= 4 is 28.9 Å². The Bertz CT molecular complexity index is 1270. The number of amides is 1. The van der Waals surface area contributed by atoms with Crippen LogP contribution in [-0.2, 0) is 0 Å². The normalized spacial score (nSPS) is 10.2. The Morgan fingerprint density at radius 1 is 1.03 bits per heavy atom. The number of aromatic nitrogens is 3. The van der Waals surface area contributed by atoms with Gasteiger partial charge in [0.15, 0.2) is 4.98 Å². The van der Waals surface area contributed by atoms with Gasteiger partial charge in [-0.15, -0.1) is 0 Å². The monoisotopic (exact) mass is 408 g/mol. The molecule has 2 aromatic carbocycles. The lowest BCUT2D eigenvalue weighted by atomic mass is 10.1. The molecule has 0 saturated carbocycles. The summed E-state index contributed by atoms with van der Waals surface area (Å²) in [5.74, 6) is 0.172. The van der Waals surface area contributed by atoms with Crippen molar-refractivity contribution in [1.82, 2.24) is 15.0 Å². The van der Waals surface area contributed by atoms with Gasteiger partial charge in [-0.25, -0.2) is 9.97 Å². The molecule has 0 unspecified atom stereocenters. The number of hydrogen-bond acceptors (Lipinski definition) is 6. The van der Waals surface area contributed by atoms with Crippen molar-refractivity contribution in [2.24, 2.45) is 0 Å². The number of carbonyl (C=O) groups excluding carboxylic acids is 1. The topological polar surface area (TPSA) is 108 Å². The van der Waals surface area contributed by atoms with E-state index in [1.54, 1.807) is 42.9 Å². The van der Waals surface area contributed by atoms with Crippen LogP contribution in [0.25, 0.3) is 16.2 Å². The minimum absolute atomic E-state index is 0.269. The second-order valence-electron chi connectivity index (χ2n) is 6.76. The van der Waals surface area contributed by atoms with Gasteiger partial charge in [-0.3, -0.25) is 9.78 Å². The number of nitrogens with zero attached hydrogens (tertiary/aromatic N) is 5. The average molecular weight is 408 g/mol. The summed E-state index contributed by atoms with van der Waals surface area (Å²) in [5, 5.41) is 14.8. The van der Waals surface area contributed by atoms with E-state index in [0.717, 1.165) is 22.5 Å². The summed E-state index contributed by atoms with van der Waals surface area (Å²) in [7, 11) is 0. The van der Waals surface area contributed by atoms with Crippen LogP contribution in [-0.4, -0.2) is 20.9 Å². The van der Waals surface area contributed by atoms with Crippen LogP contribution in [0, 0.1) is 12.3 Å². The summed E-state index contributed by atoms with van der Waals surface area (Å²) in [6.45, 7) is 1.95. The summed E-state index contributed by atoms with van der Waals surface area (Å²) < 4.78 is 0. The molecule has 0 radical (unpaired) electrons. The quantitative estimate of drug-likeness (QED) is 0.432. The minimum atomic E-state index is -0.269. The maximum Gasteiger partial charge on any atom is 0.385 e. The Labute approximate surface area is 178 Å². The van der Waals surface area contributed by atoms with Gasteiger partial charge in [0.1, 0.15) is 0 Å². The maximum absolute atomic E-state index is 12.5. The summed E-state index contributed by atoms with van der Waals surface area (Å²) in [6, 6.07) is 17.5. The first-order valence-corrected chi connectivity index (χ1v) is 9.50. The third kappa shape index (κ3) is 4.68. The molecule has 31 heavy (non-hydrogen) atoms. The van der Waals surface area contributed by atoms with Crippen LogP contribution in [0.1, 0.15) is 15.9 Å². The van der Waals surface area contributed by atoms with Crippen molar-refractivity contribution < 1.29 is 4.79 Å². The van der Waals surface area contributed by atoms with Crippen LogP contribution in [0.2, 0.25) is 0 Å². The molecule has 1 amide bonds.